The Balaban J connectivity index is 1.70. The van der Waals surface area contributed by atoms with Gasteiger partial charge in [0.15, 0.2) is 11.6 Å². The van der Waals surface area contributed by atoms with Crippen LogP contribution in [0.2, 0.25) is 0 Å². The lowest BCUT2D eigenvalue weighted by molar-refractivity contribution is 0.414. The number of methoxy groups -OCH3 is 1. The number of aromatic nitrogens is 4. The maximum atomic E-state index is 12.5. The zero-order chi connectivity index (χ0) is 18.6. The summed E-state index contributed by atoms with van der Waals surface area (Å²) in [5.41, 5.74) is 0.623. The Labute approximate surface area is 152 Å². The number of ether oxygens (including phenoxy) is 1. The third-order valence-electron chi connectivity index (χ3n) is 3.80. The second-order valence-corrected chi connectivity index (χ2v) is 7.28. The third-order valence-corrected chi connectivity index (χ3v) is 5.42. The molecule has 0 fully saturated rings. The Morgan fingerprint density at radius 2 is 1.92 bits per heavy atom. The average molecular weight is 373 g/mol. The summed E-state index contributed by atoms with van der Waals surface area (Å²) in [4.78, 5) is 12.8. The molecule has 0 radical (unpaired) electrons. The molecule has 0 spiro atoms. The fourth-order valence-corrected chi connectivity index (χ4v) is 3.78. The Bertz CT molecular complexity index is 987. The molecule has 1 N–H and O–H groups in total. The first kappa shape index (κ1) is 18.0. The van der Waals surface area contributed by atoms with Gasteiger partial charge in [-0.2, -0.15) is 0 Å². The zero-order valence-corrected chi connectivity index (χ0v) is 15.3. The van der Waals surface area contributed by atoms with Crippen molar-refractivity contribution in [2.75, 3.05) is 13.7 Å². The first-order chi connectivity index (χ1) is 12.5. The maximum absolute atomic E-state index is 12.5. The number of aryl methyl sites for hydroxylation is 1. The SMILES string of the molecule is COc1ccc(S(=O)(=O)NCCn2ccnc2-c2ncccn2)c(C)c1. The van der Waals surface area contributed by atoms with Crippen LogP contribution >= 0.6 is 0 Å². The van der Waals surface area contributed by atoms with E-state index in [0.29, 0.717) is 29.5 Å². The summed E-state index contributed by atoms with van der Waals surface area (Å²) in [6, 6.07) is 6.58. The van der Waals surface area contributed by atoms with Crippen molar-refractivity contribution in [2.45, 2.75) is 18.4 Å². The van der Waals surface area contributed by atoms with Gasteiger partial charge in [-0.1, -0.05) is 0 Å². The fraction of sp³-hybridized carbons (Fsp3) is 0.235. The lowest BCUT2D eigenvalue weighted by atomic mass is 10.2. The maximum Gasteiger partial charge on any atom is 0.240 e. The van der Waals surface area contributed by atoms with E-state index < -0.39 is 10.0 Å². The van der Waals surface area contributed by atoms with Gasteiger partial charge < -0.3 is 9.30 Å². The largest absolute Gasteiger partial charge is 0.497 e. The van der Waals surface area contributed by atoms with Crippen LogP contribution in [0.15, 0.2) is 53.9 Å². The second-order valence-electron chi connectivity index (χ2n) is 5.55. The predicted octanol–water partition coefficient (Wildman–Crippen LogP) is 1.64. The van der Waals surface area contributed by atoms with E-state index in [1.807, 2.05) is 0 Å². The molecule has 0 aliphatic heterocycles. The fourth-order valence-electron chi connectivity index (χ4n) is 2.54. The van der Waals surface area contributed by atoms with E-state index in [0.717, 1.165) is 0 Å². The van der Waals surface area contributed by atoms with E-state index >= 15 is 0 Å². The molecule has 8 nitrogen and oxygen atoms in total. The first-order valence-corrected chi connectivity index (χ1v) is 9.42. The highest BCUT2D eigenvalue weighted by Crippen LogP contribution is 2.20. The number of nitrogens with one attached hydrogen (secondary N) is 1. The molecule has 2 aromatic heterocycles. The van der Waals surface area contributed by atoms with Crippen molar-refractivity contribution in [3.8, 4) is 17.4 Å². The van der Waals surface area contributed by atoms with Gasteiger partial charge in [0.1, 0.15) is 5.75 Å². The topological polar surface area (TPSA) is 99.0 Å². The van der Waals surface area contributed by atoms with E-state index in [-0.39, 0.29) is 11.4 Å². The summed E-state index contributed by atoms with van der Waals surface area (Å²) in [5.74, 6) is 1.70. The molecular weight excluding hydrogens is 354 g/mol. The standard InChI is InChI=1S/C17H19N5O3S/c1-13-12-14(25-2)4-5-15(13)26(23,24)21-9-11-22-10-8-20-17(22)16-18-6-3-7-19-16/h3-8,10,12,21H,9,11H2,1-2H3. The second kappa shape index (κ2) is 7.63. The van der Waals surface area contributed by atoms with Crippen molar-refractivity contribution in [1.29, 1.82) is 0 Å². The van der Waals surface area contributed by atoms with Gasteiger partial charge in [-0.3, -0.25) is 0 Å². The molecular formula is C17H19N5O3S. The Kier molecular flexibility index (Phi) is 5.29. The summed E-state index contributed by atoms with van der Waals surface area (Å²) < 4.78 is 34.6. The summed E-state index contributed by atoms with van der Waals surface area (Å²) in [6.07, 6.45) is 6.67. The van der Waals surface area contributed by atoms with E-state index in [1.165, 1.54) is 6.07 Å². The highest BCUT2D eigenvalue weighted by molar-refractivity contribution is 7.89. The number of hydrogen-bond donors (Lipinski definition) is 1. The van der Waals surface area contributed by atoms with Gasteiger partial charge in [0, 0.05) is 37.9 Å². The molecule has 3 rings (SSSR count). The highest BCUT2D eigenvalue weighted by atomic mass is 32.2. The Morgan fingerprint density at radius 1 is 1.15 bits per heavy atom. The minimum absolute atomic E-state index is 0.212. The average Bonchev–Trinajstić information content (AvgIpc) is 3.10. The van der Waals surface area contributed by atoms with Crippen molar-refractivity contribution < 1.29 is 13.2 Å². The first-order valence-electron chi connectivity index (χ1n) is 7.94. The number of rotatable bonds is 7. The Hall–Kier alpha value is -2.78. The van der Waals surface area contributed by atoms with Crippen molar-refractivity contribution in [3.05, 3.63) is 54.6 Å². The summed E-state index contributed by atoms with van der Waals surface area (Å²) >= 11 is 0. The summed E-state index contributed by atoms with van der Waals surface area (Å²) in [5, 5.41) is 0. The van der Waals surface area contributed by atoms with Crippen LogP contribution in [0.3, 0.4) is 0 Å². The van der Waals surface area contributed by atoms with Crippen molar-refractivity contribution in [2.24, 2.45) is 0 Å². The van der Waals surface area contributed by atoms with Gasteiger partial charge in [0.25, 0.3) is 0 Å². The van der Waals surface area contributed by atoms with Gasteiger partial charge in [-0.15, -0.1) is 0 Å². The van der Waals surface area contributed by atoms with Crippen LogP contribution < -0.4 is 9.46 Å². The van der Waals surface area contributed by atoms with Crippen molar-refractivity contribution in [1.82, 2.24) is 24.2 Å². The molecule has 0 aliphatic carbocycles. The monoisotopic (exact) mass is 373 g/mol. The molecule has 3 aromatic rings. The Morgan fingerprint density at radius 3 is 2.62 bits per heavy atom. The smallest absolute Gasteiger partial charge is 0.240 e. The molecule has 0 saturated heterocycles. The van der Waals surface area contributed by atoms with Gasteiger partial charge in [0.05, 0.1) is 12.0 Å². The summed E-state index contributed by atoms with van der Waals surface area (Å²) in [6.45, 7) is 2.35. The number of imidazole rings is 1. The number of benzene rings is 1. The van der Waals surface area contributed by atoms with Crippen LogP contribution in [0, 0.1) is 6.92 Å². The number of hydrogen-bond acceptors (Lipinski definition) is 6. The molecule has 0 bridgehead atoms. The lowest BCUT2D eigenvalue weighted by Crippen LogP contribution is -2.28. The van der Waals surface area contributed by atoms with Gasteiger partial charge in [0.2, 0.25) is 10.0 Å². The molecule has 0 unspecified atom stereocenters. The minimum atomic E-state index is -3.62. The van der Waals surface area contributed by atoms with E-state index in [9.17, 15) is 8.42 Å². The normalized spacial score (nSPS) is 11.5. The van der Waals surface area contributed by atoms with E-state index in [1.54, 1.807) is 61.6 Å². The number of nitrogens with zero attached hydrogens (tertiary/aromatic N) is 4. The van der Waals surface area contributed by atoms with Crippen LogP contribution in [-0.2, 0) is 16.6 Å². The molecule has 0 aliphatic rings. The quantitative estimate of drug-likeness (QED) is 0.676. The van der Waals surface area contributed by atoms with Crippen LogP contribution in [0.1, 0.15) is 5.56 Å². The minimum Gasteiger partial charge on any atom is -0.497 e. The van der Waals surface area contributed by atoms with Crippen LogP contribution in [-0.4, -0.2) is 41.6 Å². The molecule has 2 heterocycles. The van der Waals surface area contributed by atoms with E-state index in [4.69, 9.17) is 4.74 Å². The third kappa shape index (κ3) is 3.89. The molecule has 9 heteroatoms. The summed E-state index contributed by atoms with van der Waals surface area (Å²) in [7, 11) is -2.08. The molecule has 0 amide bonds. The lowest BCUT2D eigenvalue weighted by Gasteiger charge is -2.11. The molecule has 136 valence electrons. The van der Waals surface area contributed by atoms with Gasteiger partial charge in [-0.25, -0.2) is 28.1 Å². The van der Waals surface area contributed by atoms with Crippen molar-refractivity contribution in [3.63, 3.8) is 0 Å². The molecule has 0 atom stereocenters. The molecule has 26 heavy (non-hydrogen) atoms. The van der Waals surface area contributed by atoms with Crippen LogP contribution in [0.4, 0.5) is 0 Å². The molecule has 1 aromatic carbocycles. The zero-order valence-electron chi connectivity index (χ0n) is 14.5. The molecule has 0 saturated carbocycles. The van der Waals surface area contributed by atoms with Gasteiger partial charge in [-0.05, 0) is 36.8 Å². The van der Waals surface area contributed by atoms with Crippen LogP contribution in [0.5, 0.6) is 5.75 Å². The van der Waals surface area contributed by atoms with Crippen molar-refractivity contribution >= 4 is 10.0 Å². The van der Waals surface area contributed by atoms with Gasteiger partial charge >= 0.3 is 0 Å². The highest BCUT2D eigenvalue weighted by Gasteiger charge is 2.17. The number of sulfonamides is 1. The van der Waals surface area contributed by atoms with Crippen LogP contribution in [0.25, 0.3) is 11.6 Å². The van der Waals surface area contributed by atoms with E-state index in [2.05, 4.69) is 19.7 Å². The predicted molar refractivity (Wildman–Crippen MR) is 96.2 cm³/mol.